The Morgan fingerprint density at radius 2 is 2.13 bits per heavy atom. The molecule has 0 amide bonds. The van der Waals surface area contributed by atoms with E-state index in [0.717, 1.165) is 5.69 Å². The molecular weight excluding hydrogens is 214 g/mol. The average molecular weight is 229 g/mol. The molecule has 0 aliphatic carbocycles. The van der Waals surface area contributed by atoms with Gasteiger partial charge in [-0.1, -0.05) is 0 Å². The SMILES string of the molecule is Cc1ccc(N)c(NCCS(C)(=O)=O)n1. The van der Waals surface area contributed by atoms with Gasteiger partial charge >= 0.3 is 0 Å². The number of aromatic nitrogens is 1. The van der Waals surface area contributed by atoms with Crippen molar-refractivity contribution in [2.24, 2.45) is 0 Å². The molecule has 3 N–H and O–H groups in total. The molecule has 0 aromatic carbocycles. The fraction of sp³-hybridized carbons (Fsp3) is 0.444. The Balaban J connectivity index is 2.61. The Morgan fingerprint density at radius 3 is 2.73 bits per heavy atom. The molecule has 0 aliphatic heterocycles. The predicted molar refractivity (Wildman–Crippen MR) is 61.6 cm³/mol. The number of hydrogen-bond donors (Lipinski definition) is 2. The number of nitrogens with two attached hydrogens (primary N) is 1. The summed E-state index contributed by atoms with van der Waals surface area (Å²) in [6, 6.07) is 3.54. The monoisotopic (exact) mass is 229 g/mol. The number of sulfone groups is 1. The van der Waals surface area contributed by atoms with Crippen LogP contribution >= 0.6 is 0 Å². The molecule has 0 saturated carbocycles. The van der Waals surface area contributed by atoms with Gasteiger partial charge in [0.05, 0.1) is 11.4 Å². The van der Waals surface area contributed by atoms with Crippen LogP contribution in [0.1, 0.15) is 5.69 Å². The molecule has 0 spiro atoms. The smallest absolute Gasteiger partial charge is 0.149 e. The first-order valence-electron chi connectivity index (χ1n) is 4.53. The van der Waals surface area contributed by atoms with E-state index >= 15 is 0 Å². The number of nitrogens with one attached hydrogen (secondary N) is 1. The van der Waals surface area contributed by atoms with E-state index in [0.29, 0.717) is 18.1 Å². The van der Waals surface area contributed by atoms with Crippen LogP contribution in [0.5, 0.6) is 0 Å². The maximum absolute atomic E-state index is 10.9. The van der Waals surface area contributed by atoms with Gasteiger partial charge in [-0.15, -0.1) is 0 Å². The van der Waals surface area contributed by atoms with Crippen LogP contribution in [0.4, 0.5) is 11.5 Å². The molecule has 1 heterocycles. The first-order chi connectivity index (χ1) is 6.88. The Hall–Kier alpha value is -1.30. The van der Waals surface area contributed by atoms with Crippen LogP contribution in [-0.2, 0) is 9.84 Å². The average Bonchev–Trinajstić information content (AvgIpc) is 2.09. The van der Waals surface area contributed by atoms with Crippen LogP contribution in [-0.4, -0.2) is 32.0 Å². The summed E-state index contributed by atoms with van der Waals surface area (Å²) in [5, 5.41) is 2.90. The third-order valence-corrected chi connectivity index (χ3v) is 2.78. The van der Waals surface area contributed by atoms with Crippen LogP contribution in [0.25, 0.3) is 0 Å². The van der Waals surface area contributed by atoms with Crippen LogP contribution in [0, 0.1) is 6.92 Å². The molecule has 6 heteroatoms. The van der Waals surface area contributed by atoms with Gasteiger partial charge in [-0.2, -0.15) is 0 Å². The summed E-state index contributed by atoms with van der Waals surface area (Å²) < 4.78 is 21.8. The van der Waals surface area contributed by atoms with Crippen LogP contribution < -0.4 is 11.1 Å². The lowest BCUT2D eigenvalue weighted by molar-refractivity contribution is 0.602. The predicted octanol–water partition coefficient (Wildman–Crippen LogP) is 0.429. The van der Waals surface area contributed by atoms with E-state index in [1.165, 1.54) is 6.26 Å². The van der Waals surface area contributed by atoms with Gasteiger partial charge in [0.25, 0.3) is 0 Å². The van der Waals surface area contributed by atoms with Gasteiger partial charge in [-0.3, -0.25) is 0 Å². The zero-order valence-electron chi connectivity index (χ0n) is 8.82. The highest BCUT2D eigenvalue weighted by molar-refractivity contribution is 7.90. The summed E-state index contributed by atoms with van der Waals surface area (Å²) in [7, 11) is -2.95. The summed E-state index contributed by atoms with van der Waals surface area (Å²) in [6.07, 6.45) is 1.20. The first-order valence-corrected chi connectivity index (χ1v) is 6.59. The van der Waals surface area contributed by atoms with Crippen molar-refractivity contribution in [3.8, 4) is 0 Å². The zero-order valence-corrected chi connectivity index (χ0v) is 9.63. The van der Waals surface area contributed by atoms with Crippen molar-refractivity contribution in [3.63, 3.8) is 0 Å². The molecule has 5 nitrogen and oxygen atoms in total. The minimum atomic E-state index is -2.95. The minimum absolute atomic E-state index is 0.0715. The van der Waals surface area contributed by atoms with Gasteiger partial charge in [0, 0.05) is 18.5 Å². The molecule has 0 atom stereocenters. The number of nitrogen functional groups attached to an aromatic ring is 1. The summed E-state index contributed by atoms with van der Waals surface area (Å²) in [4.78, 5) is 4.16. The number of hydrogen-bond acceptors (Lipinski definition) is 5. The molecule has 0 unspecified atom stereocenters. The van der Waals surface area contributed by atoms with Gasteiger partial charge in [-0.05, 0) is 19.1 Å². The van der Waals surface area contributed by atoms with Crippen LogP contribution in [0.3, 0.4) is 0 Å². The lowest BCUT2D eigenvalue weighted by atomic mass is 10.3. The number of anilines is 2. The van der Waals surface area contributed by atoms with Crippen molar-refractivity contribution in [1.29, 1.82) is 0 Å². The van der Waals surface area contributed by atoms with Crippen LogP contribution in [0.15, 0.2) is 12.1 Å². The van der Waals surface area contributed by atoms with Gasteiger partial charge < -0.3 is 11.1 Å². The Morgan fingerprint density at radius 1 is 1.47 bits per heavy atom. The first kappa shape index (κ1) is 11.8. The second-order valence-corrected chi connectivity index (χ2v) is 5.71. The minimum Gasteiger partial charge on any atom is -0.396 e. The maximum Gasteiger partial charge on any atom is 0.149 e. The molecular formula is C9H15N3O2S. The number of aryl methyl sites for hydroxylation is 1. The molecule has 15 heavy (non-hydrogen) atoms. The highest BCUT2D eigenvalue weighted by Gasteiger charge is 2.04. The van der Waals surface area contributed by atoms with Gasteiger partial charge in [-0.25, -0.2) is 13.4 Å². The molecule has 1 rings (SSSR count). The molecule has 0 aliphatic rings. The van der Waals surface area contributed by atoms with Crippen molar-refractivity contribution >= 4 is 21.3 Å². The van der Waals surface area contributed by atoms with E-state index in [-0.39, 0.29) is 5.75 Å². The topological polar surface area (TPSA) is 85.1 Å². The van der Waals surface area contributed by atoms with Gasteiger partial charge in [0.15, 0.2) is 0 Å². The third-order valence-electron chi connectivity index (χ3n) is 1.83. The molecule has 0 fully saturated rings. The Labute approximate surface area is 89.6 Å². The van der Waals surface area contributed by atoms with Crippen molar-refractivity contribution in [2.75, 3.05) is 29.6 Å². The molecule has 1 aromatic heterocycles. The number of pyridine rings is 1. The Bertz CT molecular complexity index is 443. The summed E-state index contributed by atoms with van der Waals surface area (Å²) in [5.41, 5.74) is 7.03. The highest BCUT2D eigenvalue weighted by Crippen LogP contribution is 2.14. The van der Waals surface area contributed by atoms with Gasteiger partial charge in [0.1, 0.15) is 15.7 Å². The molecule has 0 saturated heterocycles. The van der Waals surface area contributed by atoms with E-state index in [1.807, 2.05) is 6.92 Å². The normalized spacial score (nSPS) is 11.3. The second-order valence-electron chi connectivity index (χ2n) is 3.45. The lowest BCUT2D eigenvalue weighted by Gasteiger charge is -2.08. The van der Waals surface area contributed by atoms with Crippen molar-refractivity contribution in [1.82, 2.24) is 4.98 Å². The molecule has 0 radical (unpaired) electrons. The summed E-state index contributed by atoms with van der Waals surface area (Å²) in [5.74, 6) is 0.612. The third kappa shape index (κ3) is 4.16. The fourth-order valence-electron chi connectivity index (χ4n) is 1.06. The second kappa shape index (κ2) is 4.48. The van der Waals surface area contributed by atoms with E-state index < -0.39 is 9.84 Å². The van der Waals surface area contributed by atoms with Crippen molar-refractivity contribution in [2.45, 2.75) is 6.92 Å². The van der Waals surface area contributed by atoms with E-state index in [4.69, 9.17) is 5.73 Å². The summed E-state index contributed by atoms with van der Waals surface area (Å²) >= 11 is 0. The van der Waals surface area contributed by atoms with Crippen molar-refractivity contribution in [3.05, 3.63) is 17.8 Å². The lowest BCUT2D eigenvalue weighted by Crippen LogP contribution is -2.15. The van der Waals surface area contributed by atoms with E-state index in [9.17, 15) is 8.42 Å². The van der Waals surface area contributed by atoms with Crippen molar-refractivity contribution < 1.29 is 8.42 Å². The standard InChI is InChI=1S/C9H15N3O2S/c1-7-3-4-8(10)9(12-7)11-5-6-15(2,13)14/h3-4H,5-6,10H2,1-2H3,(H,11,12). The van der Waals surface area contributed by atoms with Gasteiger partial charge in [0.2, 0.25) is 0 Å². The van der Waals surface area contributed by atoms with E-state index in [2.05, 4.69) is 10.3 Å². The van der Waals surface area contributed by atoms with Crippen LogP contribution in [0.2, 0.25) is 0 Å². The maximum atomic E-state index is 10.9. The molecule has 1 aromatic rings. The number of rotatable bonds is 4. The largest absolute Gasteiger partial charge is 0.396 e. The Kier molecular flexibility index (Phi) is 3.52. The quantitative estimate of drug-likeness (QED) is 0.782. The number of nitrogens with zero attached hydrogens (tertiary/aromatic N) is 1. The fourth-order valence-corrected chi connectivity index (χ4v) is 1.54. The molecule has 84 valence electrons. The summed E-state index contributed by atoms with van der Waals surface area (Å²) in [6.45, 7) is 2.17. The molecule has 0 bridgehead atoms. The zero-order chi connectivity index (χ0) is 11.5. The van der Waals surface area contributed by atoms with E-state index in [1.54, 1.807) is 12.1 Å². The highest BCUT2D eigenvalue weighted by atomic mass is 32.2.